The van der Waals surface area contributed by atoms with Crippen LogP contribution in [-0.4, -0.2) is 120 Å². The standard InChI is InChI=1S/C26H28N7O14PS/c34-8-12-26(42,47-48(43,49)46-24(40)17-15(36)16(37)22(45-17)32-7-6-13(35)30-25(32)41)18(38)23(44-12)33-10-29-14-19(27-9-28-20(14)33)31-21(39)11-4-2-1-3-5-11/h1-7,9-10,12,15-18,22-24,34,36-38,40,42H,8H2,(H,43,49)(H,30,35,41)(H,27,28,31,39)/t12-,15+,16-,17+,18+,22-,23+,24?,26+,48?/m1/s1. The summed E-state index contributed by atoms with van der Waals surface area (Å²) in [4.78, 5) is 61.4. The van der Waals surface area contributed by atoms with E-state index in [4.69, 9.17) is 30.3 Å². The van der Waals surface area contributed by atoms with Gasteiger partial charge in [-0.3, -0.25) is 32.8 Å². The van der Waals surface area contributed by atoms with Gasteiger partial charge in [0.1, 0.15) is 30.7 Å². The number of carbonyl (C=O) groups excluding carboxylic acids is 1. The summed E-state index contributed by atoms with van der Waals surface area (Å²) < 4.78 is 23.1. The third kappa shape index (κ3) is 6.58. The van der Waals surface area contributed by atoms with Gasteiger partial charge in [-0.15, -0.1) is 0 Å². The molecule has 2 saturated heterocycles. The van der Waals surface area contributed by atoms with Crippen LogP contribution in [-0.2, 0) is 30.3 Å². The molecule has 0 bridgehead atoms. The van der Waals surface area contributed by atoms with Gasteiger partial charge < -0.3 is 50.3 Å². The highest BCUT2D eigenvalue weighted by molar-refractivity contribution is 8.07. The van der Waals surface area contributed by atoms with E-state index in [1.165, 1.54) is 0 Å². The molecule has 1 amide bonds. The lowest BCUT2D eigenvalue weighted by Gasteiger charge is -2.34. The number of aromatic nitrogens is 6. The second-order valence-electron chi connectivity index (χ2n) is 10.8. The quantitative estimate of drug-likeness (QED) is 0.0573. The first-order chi connectivity index (χ1) is 23.2. The Balaban J connectivity index is 1.19. The number of hydrogen-bond acceptors (Lipinski definition) is 17. The van der Waals surface area contributed by atoms with Crippen LogP contribution >= 0.6 is 6.72 Å². The lowest BCUT2D eigenvalue weighted by atomic mass is 10.1. The number of ether oxygens (including phenoxy) is 2. The van der Waals surface area contributed by atoms with E-state index in [9.17, 15) is 49.9 Å². The number of rotatable bonds is 10. The van der Waals surface area contributed by atoms with E-state index >= 15 is 0 Å². The smallest absolute Gasteiger partial charge is 0.330 e. The number of aliphatic hydroxyl groups excluding tert-OH is 5. The zero-order chi connectivity index (χ0) is 35.2. The Morgan fingerprint density at radius 1 is 1.08 bits per heavy atom. The molecule has 49 heavy (non-hydrogen) atoms. The maximum absolute atomic E-state index is 12.7. The third-order valence-corrected chi connectivity index (χ3v) is 9.20. The molecular weight excluding hydrogens is 697 g/mol. The molecule has 6 rings (SSSR count). The monoisotopic (exact) mass is 725 g/mol. The molecule has 21 nitrogen and oxygen atoms in total. The van der Waals surface area contributed by atoms with E-state index in [0.29, 0.717) is 5.56 Å². The van der Waals surface area contributed by atoms with E-state index < -0.39 is 85.5 Å². The molecule has 3 aromatic heterocycles. The number of carbonyl (C=O) groups is 1. The molecule has 2 fully saturated rings. The molecule has 2 unspecified atom stereocenters. The van der Waals surface area contributed by atoms with E-state index in [2.05, 4.69) is 20.3 Å². The highest BCUT2D eigenvalue weighted by Crippen LogP contribution is 2.54. The molecular formula is C26H28N7O14PS. The van der Waals surface area contributed by atoms with Crippen molar-refractivity contribution in [3.63, 3.8) is 0 Å². The van der Waals surface area contributed by atoms with Crippen LogP contribution in [0.1, 0.15) is 22.8 Å². The average molecular weight is 726 g/mol. The molecule has 0 spiro atoms. The summed E-state index contributed by atoms with van der Waals surface area (Å²) in [5, 5.41) is 66.8. The first-order valence-electron chi connectivity index (χ1n) is 14.2. The minimum Gasteiger partial charge on any atom is -0.393 e. The van der Waals surface area contributed by atoms with Crippen molar-refractivity contribution in [2.45, 2.75) is 55.1 Å². The van der Waals surface area contributed by atoms with Crippen LogP contribution in [0.2, 0.25) is 0 Å². The fraction of sp³-hybridized carbons (Fsp3) is 0.385. The van der Waals surface area contributed by atoms with E-state index in [1.807, 2.05) is 4.98 Å². The zero-order valence-electron chi connectivity index (χ0n) is 24.6. The van der Waals surface area contributed by atoms with Crippen LogP contribution in [0, 0.1) is 0 Å². The van der Waals surface area contributed by atoms with Crippen molar-refractivity contribution in [1.82, 2.24) is 29.1 Å². The summed E-state index contributed by atoms with van der Waals surface area (Å²) in [7, 11) is 0. The SMILES string of the molecule is O=C(Nc1ncnc2c1ncn2[C@H]1O[C@H](CO)[C@](O)(OP(O)(=S)OC(O)[C@H]2O[C@@H](n3ccc(=O)[nH]c3=O)[C@H](O)[C@@H]2O)[C@H]1O)c1ccccc1. The van der Waals surface area contributed by atoms with Gasteiger partial charge in [0, 0.05) is 17.8 Å². The maximum atomic E-state index is 12.7. The Kier molecular flexibility index (Phi) is 9.60. The van der Waals surface area contributed by atoms with Gasteiger partial charge in [0.2, 0.25) is 5.79 Å². The second kappa shape index (κ2) is 13.4. The van der Waals surface area contributed by atoms with E-state index in [0.717, 1.165) is 34.1 Å². The van der Waals surface area contributed by atoms with Gasteiger partial charge >= 0.3 is 12.4 Å². The van der Waals surface area contributed by atoms with Gasteiger partial charge in [0.15, 0.2) is 41.8 Å². The van der Waals surface area contributed by atoms with Crippen molar-refractivity contribution in [3.8, 4) is 0 Å². The Morgan fingerprint density at radius 2 is 1.82 bits per heavy atom. The normalized spacial score (nSPS) is 30.3. The van der Waals surface area contributed by atoms with Crippen LogP contribution in [0.3, 0.4) is 0 Å². The van der Waals surface area contributed by atoms with Crippen LogP contribution in [0.5, 0.6) is 0 Å². The van der Waals surface area contributed by atoms with E-state index in [1.54, 1.807) is 30.3 Å². The molecule has 4 aromatic rings. The highest BCUT2D eigenvalue weighted by atomic mass is 32.5. The molecule has 0 aliphatic carbocycles. The molecule has 9 N–H and O–H groups in total. The van der Waals surface area contributed by atoms with Crippen LogP contribution in [0.15, 0.2) is 64.8 Å². The molecule has 2 aliphatic heterocycles. The van der Waals surface area contributed by atoms with Crippen molar-refractivity contribution in [1.29, 1.82) is 0 Å². The molecule has 262 valence electrons. The summed E-state index contributed by atoms with van der Waals surface area (Å²) >= 11 is 4.94. The summed E-state index contributed by atoms with van der Waals surface area (Å²) in [5.74, 6) is -3.51. The lowest BCUT2D eigenvalue weighted by molar-refractivity contribution is -0.229. The lowest BCUT2D eigenvalue weighted by Crippen LogP contribution is -2.51. The highest BCUT2D eigenvalue weighted by Gasteiger charge is 2.60. The average Bonchev–Trinajstić information content (AvgIpc) is 3.69. The second-order valence-corrected chi connectivity index (χ2v) is 13.5. The van der Waals surface area contributed by atoms with Crippen LogP contribution in [0.25, 0.3) is 11.2 Å². The summed E-state index contributed by atoms with van der Waals surface area (Å²) in [6.07, 6.45) is -12.0. The minimum absolute atomic E-state index is 0.000495. The number of aromatic amines is 1. The summed E-state index contributed by atoms with van der Waals surface area (Å²) in [5.41, 5.74) is -1.38. The maximum Gasteiger partial charge on any atom is 0.330 e. The summed E-state index contributed by atoms with van der Waals surface area (Å²) in [6, 6.07) is 9.17. The predicted octanol–water partition coefficient (Wildman–Crippen LogP) is -3.24. The van der Waals surface area contributed by atoms with Gasteiger partial charge in [-0.2, -0.15) is 0 Å². The number of benzene rings is 1. The molecule has 0 saturated carbocycles. The molecule has 2 aliphatic rings. The van der Waals surface area contributed by atoms with Crippen molar-refractivity contribution in [2.24, 2.45) is 0 Å². The molecule has 5 heterocycles. The number of imidazole rings is 1. The molecule has 1 aromatic carbocycles. The van der Waals surface area contributed by atoms with Gasteiger partial charge in [0.25, 0.3) is 11.5 Å². The van der Waals surface area contributed by atoms with Crippen molar-refractivity contribution < 1.29 is 58.8 Å². The third-order valence-electron chi connectivity index (χ3n) is 7.71. The molecule has 0 radical (unpaired) electrons. The van der Waals surface area contributed by atoms with Crippen molar-refractivity contribution >= 4 is 41.4 Å². The topological polar surface area (TPSA) is 306 Å². The van der Waals surface area contributed by atoms with Gasteiger partial charge in [-0.05, 0) is 23.9 Å². The Labute approximate surface area is 277 Å². The molecule has 10 atom stereocenters. The number of amides is 1. The zero-order valence-corrected chi connectivity index (χ0v) is 26.3. The molecule has 23 heteroatoms. The van der Waals surface area contributed by atoms with Crippen LogP contribution in [0.4, 0.5) is 5.82 Å². The summed E-state index contributed by atoms with van der Waals surface area (Å²) in [6.45, 7) is -5.87. The largest absolute Gasteiger partial charge is 0.393 e. The minimum atomic E-state index is -4.87. The fourth-order valence-corrected chi connectivity index (χ4v) is 6.97. The van der Waals surface area contributed by atoms with Crippen LogP contribution < -0.4 is 16.6 Å². The number of aliphatic hydroxyl groups is 6. The van der Waals surface area contributed by atoms with Crippen molar-refractivity contribution in [2.75, 3.05) is 11.9 Å². The Bertz CT molecular complexity index is 2010. The first-order valence-corrected chi connectivity index (χ1v) is 16.8. The fourth-order valence-electron chi connectivity index (χ4n) is 5.32. The predicted molar refractivity (Wildman–Crippen MR) is 164 cm³/mol. The number of nitrogens with zero attached hydrogens (tertiary/aromatic N) is 5. The first kappa shape index (κ1) is 35.0. The van der Waals surface area contributed by atoms with E-state index in [-0.39, 0.29) is 17.0 Å². The van der Waals surface area contributed by atoms with Gasteiger partial charge in [-0.25, -0.2) is 19.7 Å². The number of fused-ring (bicyclic) bond motifs is 1. The number of anilines is 1. The Morgan fingerprint density at radius 3 is 2.51 bits per heavy atom. The van der Waals surface area contributed by atoms with Gasteiger partial charge in [-0.1, -0.05) is 18.2 Å². The van der Waals surface area contributed by atoms with Gasteiger partial charge in [0.05, 0.1) is 12.9 Å². The number of nitrogens with one attached hydrogen (secondary N) is 2. The number of H-pyrrole nitrogens is 1. The van der Waals surface area contributed by atoms with Crippen molar-refractivity contribution in [3.05, 3.63) is 81.7 Å². The number of hydrogen-bond donors (Lipinski definition) is 9. The Hall–Kier alpha value is -3.87.